The number of rotatable bonds is 5. The molecule has 1 heterocycles. The number of anilines is 2. The maximum atomic E-state index is 12.3. The van der Waals surface area contributed by atoms with Crippen LogP contribution in [-0.4, -0.2) is 11.8 Å². The Labute approximate surface area is 158 Å². The van der Waals surface area contributed by atoms with Gasteiger partial charge in [0.2, 0.25) is 5.91 Å². The number of halogens is 1. The van der Waals surface area contributed by atoms with Gasteiger partial charge in [-0.05, 0) is 37.1 Å². The highest BCUT2D eigenvalue weighted by atomic mass is 35.5. The number of hydrogen-bond acceptors (Lipinski definition) is 4. The SMILES string of the molecule is Cl.NCc1cc(C(=O)Nc2cccc(NC(=O)C3CCCCC3)c2)co1. The fourth-order valence-electron chi connectivity index (χ4n) is 3.09. The topological polar surface area (TPSA) is 97.4 Å². The number of nitrogens with two attached hydrogens (primary N) is 1. The third kappa shape index (κ3) is 5.09. The number of carbonyl (C=O) groups is 2. The highest BCUT2D eigenvalue weighted by Crippen LogP contribution is 2.25. The average Bonchev–Trinajstić information content (AvgIpc) is 3.12. The quantitative estimate of drug-likeness (QED) is 0.735. The Morgan fingerprint density at radius 1 is 1.08 bits per heavy atom. The lowest BCUT2D eigenvalue weighted by Crippen LogP contribution is -2.24. The molecule has 1 aliphatic rings. The van der Waals surface area contributed by atoms with E-state index in [-0.39, 0.29) is 36.7 Å². The Bertz CT molecular complexity index is 754. The molecule has 1 aromatic heterocycles. The summed E-state index contributed by atoms with van der Waals surface area (Å²) in [5.74, 6) is 0.427. The van der Waals surface area contributed by atoms with E-state index in [4.69, 9.17) is 10.2 Å². The van der Waals surface area contributed by atoms with Crippen LogP contribution in [-0.2, 0) is 11.3 Å². The van der Waals surface area contributed by atoms with Gasteiger partial charge in [-0.3, -0.25) is 9.59 Å². The summed E-state index contributed by atoms with van der Waals surface area (Å²) in [5, 5.41) is 5.75. The molecular formula is C19H24ClN3O3. The molecule has 0 unspecified atom stereocenters. The minimum absolute atomic E-state index is 0. The first-order valence-corrected chi connectivity index (χ1v) is 8.65. The van der Waals surface area contributed by atoms with E-state index in [1.54, 1.807) is 24.3 Å². The molecule has 0 spiro atoms. The van der Waals surface area contributed by atoms with Gasteiger partial charge in [0.15, 0.2) is 0 Å². The van der Waals surface area contributed by atoms with Gasteiger partial charge in [-0.2, -0.15) is 0 Å². The van der Waals surface area contributed by atoms with Crippen LogP contribution in [0.15, 0.2) is 41.0 Å². The summed E-state index contributed by atoms with van der Waals surface area (Å²) in [6.07, 6.45) is 6.73. The first kappa shape index (κ1) is 20.0. The van der Waals surface area contributed by atoms with E-state index in [9.17, 15) is 9.59 Å². The summed E-state index contributed by atoms with van der Waals surface area (Å²) in [5.41, 5.74) is 7.19. The Kier molecular flexibility index (Phi) is 7.24. The van der Waals surface area contributed by atoms with Crippen molar-refractivity contribution in [3.05, 3.63) is 47.9 Å². The van der Waals surface area contributed by atoms with Crippen molar-refractivity contribution >= 4 is 35.6 Å². The number of amides is 2. The molecule has 1 fully saturated rings. The van der Waals surface area contributed by atoms with Gasteiger partial charge < -0.3 is 20.8 Å². The lowest BCUT2D eigenvalue weighted by Gasteiger charge is -2.20. The molecule has 4 N–H and O–H groups in total. The van der Waals surface area contributed by atoms with Crippen LogP contribution in [0.4, 0.5) is 11.4 Å². The van der Waals surface area contributed by atoms with Gasteiger partial charge in [-0.1, -0.05) is 25.3 Å². The molecule has 1 saturated carbocycles. The Morgan fingerprint density at radius 3 is 2.42 bits per heavy atom. The second-order valence-corrected chi connectivity index (χ2v) is 6.36. The lowest BCUT2D eigenvalue weighted by atomic mass is 9.88. The van der Waals surface area contributed by atoms with Crippen molar-refractivity contribution in [1.29, 1.82) is 0 Å². The summed E-state index contributed by atoms with van der Waals surface area (Å²) in [6.45, 7) is 0.246. The van der Waals surface area contributed by atoms with Crippen molar-refractivity contribution in [2.45, 2.75) is 38.6 Å². The number of benzene rings is 1. The van der Waals surface area contributed by atoms with Crippen LogP contribution in [0.3, 0.4) is 0 Å². The van der Waals surface area contributed by atoms with E-state index in [0.29, 0.717) is 22.7 Å². The van der Waals surface area contributed by atoms with E-state index >= 15 is 0 Å². The second kappa shape index (κ2) is 9.40. The third-order valence-electron chi connectivity index (χ3n) is 4.48. The van der Waals surface area contributed by atoms with Crippen LogP contribution in [0.1, 0.15) is 48.2 Å². The molecule has 1 aliphatic carbocycles. The molecule has 0 saturated heterocycles. The first-order chi connectivity index (χ1) is 12.2. The van der Waals surface area contributed by atoms with Gasteiger partial charge >= 0.3 is 0 Å². The first-order valence-electron chi connectivity index (χ1n) is 8.65. The molecular weight excluding hydrogens is 354 g/mol. The standard InChI is InChI=1S/C19H23N3O3.ClH/c20-11-17-9-14(12-25-17)19(24)22-16-8-4-7-15(10-16)21-18(23)13-5-2-1-3-6-13;/h4,7-10,12-13H,1-3,5-6,11,20H2,(H,21,23)(H,22,24);1H. The van der Waals surface area contributed by atoms with Gasteiger partial charge in [-0.25, -0.2) is 0 Å². The smallest absolute Gasteiger partial charge is 0.258 e. The summed E-state index contributed by atoms with van der Waals surface area (Å²) >= 11 is 0. The average molecular weight is 378 g/mol. The third-order valence-corrected chi connectivity index (χ3v) is 4.48. The number of furan rings is 1. The molecule has 140 valence electrons. The molecule has 2 amide bonds. The zero-order valence-electron chi connectivity index (χ0n) is 14.5. The number of hydrogen-bond donors (Lipinski definition) is 3. The van der Waals surface area contributed by atoms with Crippen molar-refractivity contribution in [2.75, 3.05) is 10.6 Å². The minimum Gasteiger partial charge on any atom is -0.467 e. The normalized spacial score (nSPS) is 14.3. The van der Waals surface area contributed by atoms with Crippen LogP contribution in [0, 0.1) is 5.92 Å². The summed E-state index contributed by atoms with van der Waals surface area (Å²) in [6, 6.07) is 8.76. The van der Waals surface area contributed by atoms with E-state index in [1.165, 1.54) is 12.7 Å². The Morgan fingerprint density at radius 2 is 1.77 bits per heavy atom. The summed E-state index contributed by atoms with van der Waals surface area (Å²) < 4.78 is 5.17. The van der Waals surface area contributed by atoms with Crippen LogP contribution >= 0.6 is 12.4 Å². The maximum Gasteiger partial charge on any atom is 0.258 e. The van der Waals surface area contributed by atoms with E-state index in [2.05, 4.69) is 10.6 Å². The van der Waals surface area contributed by atoms with Crippen LogP contribution in [0.2, 0.25) is 0 Å². The Balaban J connectivity index is 0.00000243. The van der Waals surface area contributed by atoms with Gasteiger partial charge in [0, 0.05) is 17.3 Å². The summed E-state index contributed by atoms with van der Waals surface area (Å²) in [4.78, 5) is 24.6. The fraction of sp³-hybridized carbons (Fsp3) is 0.368. The zero-order chi connectivity index (χ0) is 17.6. The Hall–Kier alpha value is -2.31. The predicted molar refractivity (Wildman–Crippen MR) is 103 cm³/mol. The van der Waals surface area contributed by atoms with Gasteiger partial charge in [0.25, 0.3) is 5.91 Å². The van der Waals surface area contributed by atoms with Crippen molar-refractivity contribution in [3.8, 4) is 0 Å². The van der Waals surface area contributed by atoms with Crippen LogP contribution in [0.25, 0.3) is 0 Å². The van der Waals surface area contributed by atoms with E-state index in [0.717, 1.165) is 25.7 Å². The zero-order valence-corrected chi connectivity index (χ0v) is 15.3. The van der Waals surface area contributed by atoms with Gasteiger partial charge in [0.1, 0.15) is 12.0 Å². The van der Waals surface area contributed by atoms with E-state index in [1.807, 2.05) is 6.07 Å². The van der Waals surface area contributed by atoms with E-state index < -0.39 is 0 Å². The molecule has 1 aromatic carbocycles. The number of carbonyl (C=O) groups excluding carboxylic acids is 2. The molecule has 0 radical (unpaired) electrons. The fourth-order valence-corrected chi connectivity index (χ4v) is 3.09. The summed E-state index contributed by atoms with van der Waals surface area (Å²) in [7, 11) is 0. The largest absolute Gasteiger partial charge is 0.467 e. The predicted octanol–water partition coefficient (Wildman–Crippen LogP) is 3.93. The molecule has 6 nitrogen and oxygen atoms in total. The second-order valence-electron chi connectivity index (χ2n) is 6.36. The monoisotopic (exact) mass is 377 g/mol. The lowest BCUT2D eigenvalue weighted by molar-refractivity contribution is -0.120. The molecule has 0 bridgehead atoms. The minimum atomic E-state index is -0.279. The highest BCUT2D eigenvalue weighted by Gasteiger charge is 2.21. The van der Waals surface area contributed by atoms with Crippen molar-refractivity contribution in [3.63, 3.8) is 0 Å². The molecule has 0 aliphatic heterocycles. The molecule has 7 heteroatoms. The van der Waals surface area contributed by atoms with Crippen LogP contribution < -0.4 is 16.4 Å². The highest BCUT2D eigenvalue weighted by molar-refractivity contribution is 6.04. The van der Waals surface area contributed by atoms with Gasteiger partial charge in [0.05, 0.1) is 12.1 Å². The molecule has 3 rings (SSSR count). The van der Waals surface area contributed by atoms with Gasteiger partial charge in [-0.15, -0.1) is 12.4 Å². The molecule has 26 heavy (non-hydrogen) atoms. The van der Waals surface area contributed by atoms with Crippen molar-refractivity contribution in [2.24, 2.45) is 11.7 Å². The van der Waals surface area contributed by atoms with Crippen molar-refractivity contribution < 1.29 is 14.0 Å². The maximum absolute atomic E-state index is 12.3. The van der Waals surface area contributed by atoms with Crippen molar-refractivity contribution in [1.82, 2.24) is 0 Å². The number of nitrogens with one attached hydrogen (secondary N) is 2. The van der Waals surface area contributed by atoms with Crippen LogP contribution in [0.5, 0.6) is 0 Å². The molecule has 2 aromatic rings. The molecule has 0 atom stereocenters.